The van der Waals surface area contributed by atoms with Crippen molar-refractivity contribution in [2.24, 2.45) is 0 Å². The normalized spacial score (nSPS) is 17.1. The van der Waals surface area contributed by atoms with E-state index in [1.165, 1.54) is 22.1 Å². The summed E-state index contributed by atoms with van der Waals surface area (Å²) < 4.78 is 1.74. The molecule has 1 aromatic carbocycles. The highest BCUT2D eigenvalue weighted by molar-refractivity contribution is 7.19. The molecule has 33 heavy (non-hydrogen) atoms. The number of aromatic nitrogens is 3. The number of anilines is 1. The maximum atomic E-state index is 13.2. The van der Waals surface area contributed by atoms with Crippen LogP contribution < -0.4 is 10.5 Å². The molecule has 3 aromatic heterocycles. The fourth-order valence-electron chi connectivity index (χ4n) is 5.01. The molecular formula is C25H25N5O2S. The quantitative estimate of drug-likeness (QED) is 0.467. The predicted molar refractivity (Wildman–Crippen MR) is 131 cm³/mol. The molecule has 1 aliphatic heterocycles. The minimum atomic E-state index is 0.0328. The van der Waals surface area contributed by atoms with Gasteiger partial charge in [-0.3, -0.25) is 19.1 Å². The summed E-state index contributed by atoms with van der Waals surface area (Å²) in [4.78, 5) is 40.8. The first-order chi connectivity index (χ1) is 16.2. The minimum absolute atomic E-state index is 0.0328. The van der Waals surface area contributed by atoms with Gasteiger partial charge >= 0.3 is 0 Å². The predicted octanol–water partition coefficient (Wildman–Crippen LogP) is 2.89. The van der Waals surface area contributed by atoms with Gasteiger partial charge in [0.15, 0.2) is 0 Å². The highest BCUT2D eigenvalue weighted by atomic mass is 32.1. The van der Waals surface area contributed by atoms with Crippen LogP contribution in [0.1, 0.15) is 16.9 Å². The summed E-state index contributed by atoms with van der Waals surface area (Å²) >= 11 is 1.50. The number of fused-ring (bicyclic) bond motifs is 4. The van der Waals surface area contributed by atoms with Gasteiger partial charge in [0, 0.05) is 68.6 Å². The number of hydrogen-bond acceptors (Lipinski definition) is 7. The van der Waals surface area contributed by atoms with Gasteiger partial charge in [-0.15, -0.1) is 11.3 Å². The Morgan fingerprint density at radius 3 is 2.67 bits per heavy atom. The van der Waals surface area contributed by atoms with Gasteiger partial charge in [0.05, 0.1) is 11.7 Å². The summed E-state index contributed by atoms with van der Waals surface area (Å²) in [5.41, 5.74) is 1.09. The molecule has 0 amide bonds. The van der Waals surface area contributed by atoms with Gasteiger partial charge in [-0.05, 0) is 23.4 Å². The van der Waals surface area contributed by atoms with E-state index in [1.807, 2.05) is 6.20 Å². The summed E-state index contributed by atoms with van der Waals surface area (Å²) in [6.45, 7) is 5.14. The number of Topliss-reactive ketones (excluding diaryl/α,β-unsaturated/α-hetero) is 1. The summed E-state index contributed by atoms with van der Waals surface area (Å²) in [6, 6.07) is 10.4. The molecule has 0 N–H and O–H groups in total. The van der Waals surface area contributed by atoms with Crippen LogP contribution in [0.5, 0.6) is 0 Å². The molecule has 0 saturated carbocycles. The summed E-state index contributed by atoms with van der Waals surface area (Å²) in [5, 5.41) is 3.14. The molecule has 1 aliphatic carbocycles. The number of thiophene rings is 1. The second kappa shape index (κ2) is 8.35. The van der Waals surface area contributed by atoms with E-state index in [2.05, 4.69) is 50.1 Å². The molecule has 6 rings (SSSR count). The Kier molecular flexibility index (Phi) is 5.19. The molecule has 1 fully saturated rings. The van der Waals surface area contributed by atoms with Crippen molar-refractivity contribution in [3.05, 3.63) is 63.7 Å². The van der Waals surface area contributed by atoms with E-state index < -0.39 is 0 Å². The number of ketones is 1. The van der Waals surface area contributed by atoms with Crippen LogP contribution >= 0.6 is 11.3 Å². The third-order valence-electron chi connectivity index (χ3n) is 6.85. The van der Waals surface area contributed by atoms with Crippen molar-refractivity contribution in [3.63, 3.8) is 0 Å². The summed E-state index contributed by atoms with van der Waals surface area (Å²) in [5.74, 6) is 1.31. The first-order valence-corrected chi connectivity index (χ1v) is 12.3. The van der Waals surface area contributed by atoms with Crippen LogP contribution in [0, 0.1) is 0 Å². The molecule has 7 nitrogen and oxygen atoms in total. The van der Waals surface area contributed by atoms with E-state index in [-0.39, 0.29) is 11.3 Å². The second-order valence-electron chi connectivity index (χ2n) is 8.83. The molecule has 4 aromatic rings. The van der Waals surface area contributed by atoms with Crippen molar-refractivity contribution in [2.75, 3.05) is 37.6 Å². The highest BCUT2D eigenvalue weighted by Crippen LogP contribution is 2.32. The zero-order valence-corrected chi connectivity index (χ0v) is 19.2. The number of nitrogens with zero attached hydrogens (tertiary/aromatic N) is 5. The molecule has 0 unspecified atom stereocenters. The first kappa shape index (κ1) is 20.5. The van der Waals surface area contributed by atoms with Crippen molar-refractivity contribution in [2.45, 2.75) is 25.8 Å². The lowest BCUT2D eigenvalue weighted by atomic mass is 9.96. The SMILES string of the molecule is O=C1CCc2c(sc3ncn(CCN4CCN(c5nccc6ccccc56)CC4)c(=O)c23)C1. The zero-order valence-electron chi connectivity index (χ0n) is 18.4. The van der Waals surface area contributed by atoms with Crippen molar-refractivity contribution >= 4 is 43.9 Å². The van der Waals surface area contributed by atoms with Gasteiger partial charge in [0.1, 0.15) is 16.4 Å². The third-order valence-corrected chi connectivity index (χ3v) is 7.99. The number of hydrogen-bond donors (Lipinski definition) is 0. The third kappa shape index (κ3) is 3.73. The summed E-state index contributed by atoms with van der Waals surface area (Å²) in [7, 11) is 0. The van der Waals surface area contributed by atoms with Crippen LogP contribution in [-0.4, -0.2) is 57.9 Å². The van der Waals surface area contributed by atoms with Crippen molar-refractivity contribution in [3.8, 4) is 0 Å². The Bertz CT molecular complexity index is 1410. The van der Waals surface area contributed by atoms with E-state index in [4.69, 9.17) is 0 Å². The van der Waals surface area contributed by atoms with Crippen LogP contribution in [-0.2, 0) is 24.2 Å². The lowest BCUT2D eigenvalue weighted by Gasteiger charge is -2.35. The van der Waals surface area contributed by atoms with Gasteiger partial charge in [-0.25, -0.2) is 9.97 Å². The lowest BCUT2D eigenvalue weighted by Crippen LogP contribution is -2.47. The Morgan fingerprint density at radius 1 is 0.939 bits per heavy atom. The monoisotopic (exact) mass is 459 g/mol. The van der Waals surface area contributed by atoms with Gasteiger partial charge < -0.3 is 4.90 Å². The number of carbonyl (C=O) groups excluding carboxylic acids is 1. The maximum absolute atomic E-state index is 13.2. The minimum Gasteiger partial charge on any atom is -0.354 e. The fourth-order valence-corrected chi connectivity index (χ4v) is 6.22. The second-order valence-corrected chi connectivity index (χ2v) is 9.91. The number of aryl methyl sites for hydroxylation is 1. The van der Waals surface area contributed by atoms with Gasteiger partial charge in [0.2, 0.25) is 0 Å². The van der Waals surface area contributed by atoms with E-state index in [1.54, 1.807) is 10.9 Å². The molecule has 168 valence electrons. The molecule has 8 heteroatoms. The van der Waals surface area contributed by atoms with E-state index in [9.17, 15) is 9.59 Å². The fraction of sp³-hybridized carbons (Fsp3) is 0.360. The van der Waals surface area contributed by atoms with E-state index in [0.29, 0.717) is 25.8 Å². The Balaban J connectivity index is 1.14. The highest BCUT2D eigenvalue weighted by Gasteiger charge is 2.24. The molecule has 2 aliphatic rings. The zero-order chi connectivity index (χ0) is 22.4. The topological polar surface area (TPSA) is 71.3 Å². The number of benzene rings is 1. The van der Waals surface area contributed by atoms with Crippen LogP contribution in [0.4, 0.5) is 5.82 Å². The molecule has 0 radical (unpaired) electrons. The Hall–Kier alpha value is -3.10. The molecular weight excluding hydrogens is 434 g/mol. The van der Waals surface area contributed by atoms with Gasteiger partial charge in [-0.2, -0.15) is 0 Å². The number of piperazine rings is 1. The van der Waals surface area contributed by atoms with Crippen LogP contribution in [0.15, 0.2) is 47.7 Å². The smallest absolute Gasteiger partial charge is 0.262 e. The number of pyridine rings is 1. The van der Waals surface area contributed by atoms with Gasteiger partial charge in [0.25, 0.3) is 5.56 Å². The molecule has 0 bridgehead atoms. The summed E-state index contributed by atoms with van der Waals surface area (Å²) in [6.07, 6.45) is 5.21. The van der Waals surface area contributed by atoms with Crippen LogP contribution in [0.3, 0.4) is 0 Å². The van der Waals surface area contributed by atoms with Gasteiger partial charge in [-0.1, -0.05) is 24.3 Å². The number of rotatable bonds is 4. The van der Waals surface area contributed by atoms with Crippen molar-refractivity contribution < 1.29 is 4.79 Å². The Labute approximate surface area is 195 Å². The molecule has 0 spiro atoms. The van der Waals surface area contributed by atoms with Crippen molar-refractivity contribution in [1.29, 1.82) is 0 Å². The lowest BCUT2D eigenvalue weighted by molar-refractivity contribution is -0.118. The first-order valence-electron chi connectivity index (χ1n) is 11.5. The largest absolute Gasteiger partial charge is 0.354 e. The van der Waals surface area contributed by atoms with Crippen LogP contribution in [0.2, 0.25) is 0 Å². The average molecular weight is 460 g/mol. The average Bonchev–Trinajstić information content (AvgIpc) is 3.22. The van der Waals surface area contributed by atoms with E-state index >= 15 is 0 Å². The van der Waals surface area contributed by atoms with Crippen LogP contribution in [0.25, 0.3) is 21.0 Å². The standard InChI is InChI=1S/C25H25N5O2S/c31-18-5-6-20-21(15-18)33-24-22(20)25(32)30(16-27-24)14-11-28-9-12-29(13-10-28)23-19-4-2-1-3-17(19)7-8-26-23/h1-4,7-8,16H,5-6,9-15H2. The van der Waals surface area contributed by atoms with Crippen molar-refractivity contribution in [1.82, 2.24) is 19.4 Å². The van der Waals surface area contributed by atoms with E-state index in [0.717, 1.165) is 59.2 Å². The molecule has 0 atom stereocenters. The number of carbonyl (C=O) groups is 1. The Morgan fingerprint density at radius 2 is 1.79 bits per heavy atom. The molecule has 1 saturated heterocycles. The maximum Gasteiger partial charge on any atom is 0.262 e. The molecule has 4 heterocycles.